The molecule has 0 aliphatic heterocycles. The highest BCUT2D eigenvalue weighted by Gasteiger charge is 2.38. The third-order valence-electron chi connectivity index (χ3n) is 3.88. The molecule has 0 saturated carbocycles. The Hall–Kier alpha value is -2.82. The van der Waals surface area contributed by atoms with E-state index in [2.05, 4.69) is 20.6 Å². The summed E-state index contributed by atoms with van der Waals surface area (Å²) in [4.78, 5) is 17.3. The Morgan fingerprint density at radius 2 is 2.00 bits per heavy atom. The van der Waals surface area contributed by atoms with Crippen LogP contribution in [0.25, 0.3) is 11.4 Å². The van der Waals surface area contributed by atoms with Gasteiger partial charge in [0.2, 0.25) is 11.7 Å². The SMILES string of the molecule is C#CCN(Cc1ccc(-c2noc(C(F)(F)F)n2)cc1)C(=O)C(C)CC. The Bertz CT molecular complexity index is 791. The lowest BCUT2D eigenvalue weighted by Gasteiger charge is -2.23. The van der Waals surface area contributed by atoms with Gasteiger partial charge in [0.15, 0.2) is 0 Å². The molecule has 5 nitrogen and oxygen atoms in total. The Morgan fingerprint density at radius 1 is 1.35 bits per heavy atom. The van der Waals surface area contributed by atoms with Gasteiger partial charge in [0.1, 0.15) is 0 Å². The van der Waals surface area contributed by atoms with Gasteiger partial charge in [-0.3, -0.25) is 4.79 Å². The summed E-state index contributed by atoms with van der Waals surface area (Å²) in [5.41, 5.74) is 1.17. The lowest BCUT2D eigenvalue weighted by molar-refractivity contribution is -0.159. The first-order valence-electron chi connectivity index (χ1n) is 7.98. The Labute approximate surface area is 149 Å². The molecule has 0 aliphatic rings. The van der Waals surface area contributed by atoms with Gasteiger partial charge < -0.3 is 9.42 Å². The van der Waals surface area contributed by atoms with Crippen LogP contribution in [-0.2, 0) is 17.5 Å². The summed E-state index contributed by atoms with van der Waals surface area (Å²) in [6.45, 7) is 4.26. The standard InChI is InChI=1S/C18H18F3N3O2/c1-4-10-24(16(25)12(3)5-2)11-13-6-8-14(9-7-13)15-22-17(26-23-15)18(19,20)21/h1,6-9,12H,5,10-11H2,2-3H3. The highest BCUT2D eigenvalue weighted by molar-refractivity contribution is 5.78. The summed E-state index contributed by atoms with van der Waals surface area (Å²) in [6, 6.07) is 6.52. The third-order valence-corrected chi connectivity index (χ3v) is 3.88. The first-order valence-corrected chi connectivity index (χ1v) is 7.98. The van der Waals surface area contributed by atoms with Crippen molar-refractivity contribution >= 4 is 5.91 Å². The molecule has 138 valence electrons. The summed E-state index contributed by atoms with van der Waals surface area (Å²) in [6.07, 6.45) is 1.36. The van der Waals surface area contributed by atoms with Crippen LogP contribution in [0.5, 0.6) is 0 Å². The molecule has 2 aromatic rings. The number of benzene rings is 1. The Morgan fingerprint density at radius 3 is 2.50 bits per heavy atom. The van der Waals surface area contributed by atoms with E-state index in [1.807, 2.05) is 13.8 Å². The van der Waals surface area contributed by atoms with Crippen molar-refractivity contribution in [2.75, 3.05) is 6.54 Å². The fourth-order valence-electron chi connectivity index (χ4n) is 2.24. The van der Waals surface area contributed by atoms with Crippen molar-refractivity contribution in [3.63, 3.8) is 0 Å². The highest BCUT2D eigenvalue weighted by Crippen LogP contribution is 2.29. The van der Waals surface area contributed by atoms with E-state index in [0.29, 0.717) is 18.5 Å². The van der Waals surface area contributed by atoms with Gasteiger partial charge in [0, 0.05) is 18.0 Å². The molecule has 1 amide bonds. The van der Waals surface area contributed by atoms with E-state index in [0.717, 1.165) is 5.56 Å². The molecule has 0 bridgehead atoms. The molecule has 0 saturated heterocycles. The van der Waals surface area contributed by atoms with E-state index < -0.39 is 12.1 Å². The monoisotopic (exact) mass is 365 g/mol. The largest absolute Gasteiger partial charge is 0.471 e. The van der Waals surface area contributed by atoms with Gasteiger partial charge in [0.25, 0.3) is 0 Å². The summed E-state index contributed by atoms with van der Waals surface area (Å²) < 4.78 is 41.8. The number of halogens is 3. The van der Waals surface area contributed by atoms with Gasteiger partial charge in [-0.15, -0.1) is 6.42 Å². The van der Waals surface area contributed by atoms with Gasteiger partial charge in [0.05, 0.1) is 6.54 Å². The molecule has 26 heavy (non-hydrogen) atoms. The molecule has 0 radical (unpaired) electrons. The minimum Gasteiger partial charge on any atom is -0.329 e. The first kappa shape index (κ1) is 19.5. The van der Waals surface area contributed by atoms with Crippen molar-refractivity contribution < 1.29 is 22.5 Å². The molecule has 1 aromatic carbocycles. The topological polar surface area (TPSA) is 59.2 Å². The minimum absolute atomic E-state index is 0.0393. The minimum atomic E-state index is -4.68. The molecular weight excluding hydrogens is 347 g/mol. The highest BCUT2D eigenvalue weighted by atomic mass is 19.4. The lowest BCUT2D eigenvalue weighted by atomic mass is 10.1. The first-order chi connectivity index (χ1) is 12.3. The van der Waals surface area contributed by atoms with Crippen molar-refractivity contribution in [3.05, 3.63) is 35.7 Å². The van der Waals surface area contributed by atoms with Gasteiger partial charge in [-0.2, -0.15) is 18.2 Å². The molecule has 0 spiro atoms. The maximum atomic E-state index is 12.5. The molecule has 1 atom stereocenters. The molecule has 0 N–H and O–H groups in total. The predicted molar refractivity (Wildman–Crippen MR) is 88.4 cm³/mol. The average molecular weight is 365 g/mol. The Balaban J connectivity index is 2.14. The van der Waals surface area contributed by atoms with E-state index in [-0.39, 0.29) is 24.2 Å². The number of carbonyl (C=O) groups is 1. The van der Waals surface area contributed by atoms with Crippen LogP contribution in [0.4, 0.5) is 13.2 Å². The van der Waals surface area contributed by atoms with E-state index >= 15 is 0 Å². The number of amides is 1. The zero-order chi connectivity index (χ0) is 19.3. The number of rotatable bonds is 6. The van der Waals surface area contributed by atoms with E-state index in [1.54, 1.807) is 29.2 Å². The van der Waals surface area contributed by atoms with Crippen LogP contribution in [-0.4, -0.2) is 27.5 Å². The van der Waals surface area contributed by atoms with E-state index in [9.17, 15) is 18.0 Å². The number of hydrogen-bond acceptors (Lipinski definition) is 4. The summed E-state index contributed by atoms with van der Waals surface area (Å²) in [7, 11) is 0. The maximum absolute atomic E-state index is 12.5. The van der Waals surface area contributed by atoms with Crippen LogP contribution < -0.4 is 0 Å². The van der Waals surface area contributed by atoms with Gasteiger partial charge in [-0.05, 0) is 12.0 Å². The number of carbonyl (C=O) groups excluding carboxylic acids is 1. The second-order valence-corrected chi connectivity index (χ2v) is 5.83. The van der Waals surface area contributed by atoms with Crippen molar-refractivity contribution in [2.24, 2.45) is 5.92 Å². The smallest absolute Gasteiger partial charge is 0.329 e. The van der Waals surface area contributed by atoms with Crippen molar-refractivity contribution in [1.82, 2.24) is 15.0 Å². The van der Waals surface area contributed by atoms with Crippen molar-refractivity contribution in [1.29, 1.82) is 0 Å². The van der Waals surface area contributed by atoms with E-state index in [4.69, 9.17) is 6.42 Å². The molecule has 8 heteroatoms. The van der Waals surface area contributed by atoms with Crippen molar-refractivity contribution in [3.8, 4) is 23.7 Å². The maximum Gasteiger partial charge on any atom is 0.471 e. The van der Waals surface area contributed by atoms with Crippen LogP contribution in [0.2, 0.25) is 0 Å². The third kappa shape index (κ3) is 4.63. The lowest BCUT2D eigenvalue weighted by Crippen LogP contribution is -2.34. The molecular formula is C18H18F3N3O2. The van der Waals surface area contributed by atoms with Crippen LogP contribution >= 0.6 is 0 Å². The summed E-state index contributed by atoms with van der Waals surface area (Å²) in [5.74, 6) is 0.747. The van der Waals surface area contributed by atoms with E-state index in [1.165, 1.54) is 0 Å². The molecule has 0 aliphatic carbocycles. The summed E-state index contributed by atoms with van der Waals surface area (Å²) in [5, 5.41) is 3.34. The molecule has 1 unspecified atom stereocenters. The quantitative estimate of drug-likeness (QED) is 0.732. The van der Waals surface area contributed by atoms with Crippen molar-refractivity contribution in [2.45, 2.75) is 33.0 Å². The van der Waals surface area contributed by atoms with Crippen LogP contribution in [0, 0.1) is 18.3 Å². The van der Waals surface area contributed by atoms with Crippen LogP contribution in [0.15, 0.2) is 28.8 Å². The van der Waals surface area contributed by atoms with Gasteiger partial charge in [-0.1, -0.05) is 49.2 Å². The predicted octanol–water partition coefficient (Wildman–Crippen LogP) is 3.76. The molecule has 1 aromatic heterocycles. The second kappa shape index (κ2) is 8.04. The normalized spacial score (nSPS) is 12.5. The van der Waals surface area contributed by atoms with Crippen LogP contribution in [0.3, 0.4) is 0 Å². The molecule has 1 heterocycles. The number of terminal acetylenes is 1. The number of aromatic nitrogens is 2. The van der Waals surface area contributed by atoms with Crippen LogP contribution in [0.1, 0.15) is 31.7 Å². The fraction of sp³-hybridized carbons (Fsp3) is 0.389. The zero-order valence-corrected chi connectivity index (χ0v) is 14.4. The Kier molecular flexibility index (Phi) is 6.03. The number of nitrogens with zero attached hydrogens (tertiary/aromatic N) is 3. The fourth-order valence-corrected chi connectivity index (χ4v) is 2.24. The van der Waals surface area contributed by atoms with Gasteiger partial charge in [-0.25, -0.2) is 0 Å². The molecule has 2 rings (SSSR count). The zero-order valence-electron chi connectivity index (χ0n) is 14.4. The number of hydrogen-bond donors (Lipinski definition) is 0. The second-order valence-electron chi connectivity index (χ2n) is 5.83. The molecule has 0 fully saturated rings. The average Bonchev–Trinajstić information content (AvgIpc) is 3.11. The number of alkyl halides is 3. The summed E-state index contributed by atoms with van der Waals surface area (Å²) >= 11 is 0. The van der Waals surface area contributed by atoms with Gasteiger partial charge >= 0.3 is 12.1 Å².